The number of aryl methyl sites for hydroxylation is 1. The molecule has 3 aliphatic heterocycles. The predicted octanol–water partition coefficient (Wildman–Crippen LogP) is 7.18. The normalized spacial score (nSPS) is 24.5. The first-order chi connectivity index (χ1) is 19.9. The van der Waals surface area contributed by atoms with Crippen LogP contribution in [-0.4, -0.2) is 61.9 Å². The van der Waals surface area contributed by atoms with Gasteiger partial charge in [-0.05, 0) is 24.8 Å². The molecule has 4 unspecified atom stereocenters. The number of nitrogens with one attached hydrogen (secondary N) is 2. The first-order valence-electron chi connectivity index (χ1n) is 14.6. The van der Waals surface area contributed by atoms with Crippen molar-refractivity contribution >= 4 is 28.2 Å². The number of likely N-dealkylation sites (tertiary alicyclic amines) is 1. The quantitative estimate of drug-likeness (QED) is 0.336. The van der Waals surface area contributed by atoms with E-state index in [1.54, 1.807) is 18.4 Å². The van der Waals surface area contributed by atoms with Crippen LogP contribution >= 0.6 is 11.3 Å². The summed E-state index contributed by atoms with van der Waals surface area (Å²) in [6.07, 6.45) is 5.22. The summed E-state index contributed by atoms with van der Waals surface area (Å²) in [6, 6.07) is 10.8. The summed E-state index contributed by atoms with van der Waals surface area (Å²) in [6.45, 7) is 18.9. The summed E-state index contributed by atoms with van der Waals surface area (Å²) in [5.74, 6) is -1.93. The van der Waals surface area contributed by atoms with E-state index < -0.39 is 11.8 Å². The van der Waals surface area contributed by atoms with Crippen LogP contribution in [0.15, 0.2) is 55.1 Å². The molecule has 6 rings (SSSR count). The molecule has 226 valence electrons. The molecule has 6 nitrogen and oxygen atoms in total. The maximum atomic E-state index is 12.4. The smallest absolute Gasteiger partial charge is 0.253 e. The van der Waals surface area contributed by atoms with Gasteiger partial charge in [0.2, 0.25) is 6.35 Å². The maximum Gasteiger partial charge on any atom is 0.253 e. The number of alkyl halides is 2. The Morgan fingerprint density at radius 3 is 2.32 bits per heavy atom. The third kappa shape index (κ3) is 8.25. The number of halogens is 2. The zero-order valence-electron chi connectivity index (χ0n) is 24.9. The Labute approximate surface area is 248 Å². The van der Waals surface area contributed by atoms with Gasteiger partial charge in [0.05, 0.1) is 24.7 Å². The van der Waals surface area contributed by atoms with Gasteiger partial charge >= 0.3 is 0 Å². The Kier molecular flexibility index (Phi) is 12.5. The van der Waals surface area contributed by atoms with Gasteiger partial charge in [-0.2, -0.15) is 0 Å². The van der Waals surface area contributed by atoms with Crippen LogP contribution in [0.5, 0.6) is 0 Å². The molecule has 1 aliphatic carbocycles. The monoisotopic (exact) mass is 588 g/mol. The molecule has 4 atom stereocenters. The first-order valence-corrected chi connectivity index (χ1v) is 15.4. The highest BCUT2D eigenvalue weighted by atomic mass is 32.1. The molecule has 2 aromatic rings. The molecule has 3 fully saturated rings. The van der Waals surface area contributed by atoms with E-state index in [1.807, 2.05) is 50.3 Å². The molecular weight excluding hydrogens is 542 g/mol. The van der Waals surface area contributed by atoms with Crippen LogP contribution in [0.3, 0.4) is 0 Å². The molecule has 0 spiro atoms. The molecule has 2 N–H and O–H groups in total. The second-order valence-corrected chi connectivity index (χ2v) is 11.2. The fourth-order valence-corrected chi connectivity index (χ4v) is 6.43. The van der Waals surface area contributed by atoms with E-state index in [2.05, 4.69) is 42.2 Å². The van der Waals surface area contributed by atoms with Crippen molar-refractivity contribution in [3.8, 4) is 0 Å². The van der Waals surface area contributed by atoms with Gasteiger partial charge in [0, 0.05) is 49.1 Å². The number of rotatable bonds is 7. The maximum absolute atomic E-state index is 12.4. The summed E-state index contributed by atoms with van der Waals surface area (Å²) in [7, 11) is 1.70. The number of nitrogens with zero attached hydrogens (tertiary/aromatic N) is 2. The zero-order valence-corrected chi connectivity index (χ0v) is 25.7. The third-order valence-electron chi connectivity index (χ3n) is 7.39. The van der Waals surface area contributed by atoms with Crippen LogP contribution in [0.4, 0.5) is 13.8 Å². The lowest BCUT2D eigenvalue weighted by molar-refractivity contribution is 0.0491. The topological polar surface area (TPSA) is 58.1 Å². The summed E-state index contributed by atoms with van der Waals surface area (Å²) >= 11 is 1.81. The van der Waals surface area contributed by atoms with E-state index in [0.717, 1.165) is 30.9 Å². The van der Waals surface area contributed by atoms with E-state index in [-0.39, 0.29) is 19.4 Å². The molecule has 0 radical (unpaired) electrons. The lowest BCUT2D eigenvalue weighted by Gasteiger charge is -2.37. The third-order valence-corrected chi connectivity index (χ3v) is 8.67. The molecule has 1 aromatic heterocycles. The van der Waals surface area contributed by atoms with E-state index in [1.165, 1.54) is 33.8 Å². The number of fused-ring (bicyclic) bond motifs is 3. The van der Waals surface area contributed by atoms with E-state index in [0.29, 0.717) is 18.7 Å². The van der Waals surface area contributed by atoms with Crippen molar-refractivity contribution in [2.75, 3.05) is 32.1 Å². The SMILES string of the molecule is C=C.C=Cc1c(CC)sc2c1C(N1CC3CCC(C1)N3)=NC(OC)N2.CC.FC1(F)CC1COCc1ccccc1. The average molecular weight is 589 g/mol. The minimum atomic E-state index is -2.46. The Balaban J connectivity index is 0.000000221. The highest BCUT2D eigenvalue weighted by Gasteiger charge is 2.56. The number of benzene rings is 1. The Bertz CT molecular complexity index is 1130. The number of anilines is 1. The molecule has 1 saturated carbocycles. The largest absolute Gasteiger partial charge is 0.376 e. The van der Waals surface area contributed by atoms with Crippen molar-refractivity contribution in [3.63, 3.8) is 0 Å². The second-order valence-electron chi connectivity index (χ2n) is 10.1. The average Bonchev–Trinajstić information content (AvgIpc) is 3.30. The number of piperazine rings is 1. The van der Waals surface area contributed by atoms with Crippen molar-refractivity contribution in [1.29, 1.82) is 0 Å². The highest BCUT2D eigenvalue weighted by molar-refractivity contribution is 7.16. The molecule has 0 amide bonds. The number of methoxy groups -OCH3 is 1. The van der Waals surface area contributed by atoms with Crippen LogP contribution in [0.25, 0.3) is 6.08 Å². The summed E-state index contributed by atoms with van der Waals surface area (Å²) in [4.78, 5) is 8.67. The molecular formula is C32H46F2N4O2S. The minimum Gasteiger partial charge on any atom is -0.376 e. The fourth-order valence-electron chi connectivity index (χ4n) is 5.28. The Morgan fingerprint density at radius 2 is 1.78 bits per heavy atom. The van der Waals surface area contributed by atoms with E-state index in [9.17, 15) is 8.78 Å². The van der Waals surface area contributed by atoms with E-state index in [4.69, 9.17) is 14.5 Å². The van der Waals surface area contributed by atoms with Crippen LogP contribution in [0.2, 0.25) is 0 Å². The number of hydrogen-bond acceptors (Lipinski definition) is 7. The molecule has 1 aromatic carbocycles. The lowest BCUT2D eigenvalue weighted by Crippen LogP contribution is -2.54. The Morgan fingerprint density at radius 1 is 1.15 bits per heavy atom. The van der Waals surface area contributed by atoms with Crippen molar-refractivity contribution in [2.45, 2.75) is 77.4 Å². The number of thiophene rings is 1. The zero-order chi connectivity index (χ0) is 30.0. The molecule has 4 heterocycles. The van der Waals surface area contributed by atoms with Gasteiger partial charge in [0.1, 0.15) is 10.8 Å². The van der Waals surface area contributed by atoms with E-state index >= 15 is 0 Å². The highest BCUT2D eigenvalue weighted by Crippen LogP contribution is 2.48. The number of aliphatic imine (C=N–C) groups is 1. The standard InChI is InChI=1S/C17H24N4OS.C11H12F2O.C2H6.C2H4/c1-4-12-13(5-2)23-16-14(12)15(19-17(20-16)22-3)21-8-10-6-7-11(9-21)18-10;12-11(13)6-10(11)8-14-7-9-4-2-1-3-5-9;2*1-2/h4,10-11,17-18,20H,1,5-9H2,2-3H3;1-5,10H,6-8H2;1-2H3;1-2H2. The van der Waals surface area contributed by atoms with Gasteiger partial charge in [-0.1, -0.05) is 63.8 Å². The van der Waals surface area contributed by atoms with Gasteiger partial charge in [0.25, 0.3) is 5.92 Å². The summed E-state index contributed by atoms with van der Waals surface area (Å²) < 4.78 is 35.6. The lowest BCUT2D eigenvalue weighted by atomic mass is 10.1. The molecule has 9 heteroatoms. The van der Waals surface area contributed by atoms with Crippen LogP contribution in [-0.2, 0) is 22.5 Å². The van der Waals surface area contributed by atoms with Crippen LogP contribution in [0.1, 0.15) is 61.6 Å². The summed E-state index contributed by atoms with van der Waals surface area (Å²) in [5, 5.41) is 8.26. The number of ether oxygens (including phenoxy) is 2. The predicted molar refractivity (Wildman–Crippen MR) is 168 cm³/mol. The molecule has 41 heavy (non-hydrogen) atoms. The minimum absolute atomic E-state index is 0.0121. The molecule has 2 saturated heterocycles. The van der Waals surface area contributed by atoms with Crippen molar-refractivity contribution in [2.24, 2.45) is 10.9 Å². The van der Waals surface area contributed by atoms with Gasteiger partial charge in [-0.25, -0.2) is 13.8 Å². The fraction of sp³-hybridized carbons (Fsp3) is 0.531. The van der Waals surface area contributed by atoms with Crippen LogP contribution in [0, 0.1) is 5.92 Å². The summed E-state index contributed by atoms with van der Waals surface area (Å²) in [5.41, 5.74) is 3.48. The molecule has 4 aliphatic rings. The second kappa shape index (κ2) is 15.6. The van der Waals surface area contributed by atoms with Crippen LogP contribution < -0.4 is 10.6 Å². The Hall–Kier alpha value is -2.59. The van der Waals surface area contributed by atoms with Crippen molar-refractivity contribution < 1.29 is 18.3 Å². The number of hydrogen-bond donors (Lipinski definition) is 2. The van der Waals surface area contributed by atoms with Gasteiger partial charge in [-0.15, -0.1) is 24.5 Å². The first kappa shape index (κ1) is 32.9. The number of amidine groups is 1. The van der Waals surface area contributed by atoms with Gasteiger partial charge in [0.15, 0.2) is 0 Å². The van der Waals surface area contributed by atoms with Gasteiger partial charge < -0.3 is 25.0 Å². The van der Waals surface area contributed by atoms with Gasteiger partial charge in [-0.3, -0.25) is 0 Å². The molecule has 2 bridgehead atoms. The van der Waals surface area contributed by atoms with Crippen molar-refractivity contribution in [3.05, 3.63) is 71.6 Å². The van der Waals surface area contributed by atoms with Crippen molar-refractivity contribution in [1.82, 2.24) is 10.2 Å².